The van der Waals surface area contributed by atoms with Crippen molar-refractivity contribution in [1.82, 2.24) is 0 Å². The van der Waals surface area contributed by atoms with Gasteiger partial charge in [0.15, 0.2) is 0 Å². The van der Waals surface area contributed by atoms with Crippen molar-refractivity contribution in [3.8, 4) is 44.5 Å². The van der Waals surface area contributed by atoms with Crippen molar-refractivity contribution >= 4 is 73.6 Å². The zero-order valence-electron chi connectivity index (χ0n) is 54.5. The van der Waals surface area contributed by atoms with Crippen LogP contribution < -0.4 is 10.4 Å². The van der Waals surface area contributed by atoms with E-state index in [0.717, 1.165) is 34.6 Å². The molecule has 0 radical (unpaired) electrons. The van der Waals surface area contributed by atoms with Gasteiger partial charge in [0.25, 0.3) is 0 Å². The molecule has 0 fully saturated rings. The first-order valence-electron chi connectivity index (χ1n) is 33.1. The maximum absolute atomic E-state index is 7.10. The number of furan rings is 4. The first kappa shape index (κ1) is 59.2. The predicted octanol–water partition coefficient (Wildman–Crippen LogP) is 21.4. The van der Waals surface area contributed by atoms with Gasteiger partial charge < -0.3 is 0 Å². The number of aryl methyl sites for hydroxylation is 4. The summed E-state index contributed by atoms with van der Waals surface area (Å²) in [6.45, 7) is 23.6. The van der Waals surface area contributed by atoms with Crippen molar-refractivity contribution < 1.29 is 40.9 Å². The Hall–Kier alpha value is -8.84. The van der Waals surface area contributed by atoms with Gasteiger partial charge in [-0.3, -0.25) is 0 Å². The van der Waals surface area contributed by atoms with E-state index in [1.54, 1.807) is 0 Å². The second-order valence-corrected chi connectivity index (χ2v) is 36.2. The monoisotopic (exact) mass is 1320 g/mol. The van der Waals surface area contributed by atoms with Crippen LogP contribution in [0.4, 0.5) is 0 Å². The average Bonchev–Trinajstić information content (AvgIpc) is 1.55. The van der Waals surface area contributed by atoms with Gasteiger partial charge in [0.05, 0.1) is 0 Å². The molecule has 4 aromatic heterocycles. The number of rotatable bonds is 14. The normalized spacial score (nSPS) is 17.2. The van der Waals surface area contributed by atoms with Gasteiger partial charge >= 0.3 is 566 Å². The van der Waals surface area contributed by atoms with Crippen LogP contribution in [0, 0.1) is 41.5 Å². The minimum atomic E-state index is -2.01. The van der Waals surface area contributed by atoms with Gasteiger partial charge in [-0.25, -0.2) is 0 Å². The van der Waals surface area contributed by atoms with E-state index in [9.17, 15) is 0 Å². The predicted molar refractivity (Wildman–Crippen MR) is 388 cm³/mol. The van der Waals surface area contributed by atoms with E-state index in [4.69, 9.17) is 17.7 Å². The summed E-state index contributed by atoms with van der Waals surface area (Å²) in [6.07, 6.45) is 8.78. The maximum atomic E-state index is 7.10. The molecule has 8 aromatic carbocycles. The third-order valence-corrected chi connectivity index (χ3v) is 28.8. The van der Waals surface area contributed by atoms with Crippen LogP contribution in [0.1, 0.15) is 120 Å². The summed E-state index contributed by atoms with van der Waals surface area (Å²) in [5.74, 6) is 5.04. The van der Waals surface area contributed by atoms with E-state index in [0.29, 0.717) is 0 Å². The molecule has 4 heterocycles. The second kappa shape index (κ2) is 23.6. The molecule has 0 N–H and O–H groups in total. The molecule has 4 atom stereocenters. The van der Waals surface area contributed by atoms with Gasteiger partial charge in [-0.2, -0.15) is 0 Å². The molecule has 454 valence electrons. The van der Waals surface area contributed by atoms with Gasteiger partial charge in [0.2, 0.25) is 0 Å². The quantitative estimate of drug-likeness (QED) is 0.102. The first-order valence-corrected chi connectivity index (χ1v) is 41.7. The van der Waals surface area contributed by atoms with Crippen molar-refractivity contribution in [3.63, 3.8) is 0 Å². The average molecular weight is 1320 g/mol. The van der Waals surface area contributed by atoms with Gasteiger partial charge in [0, 0.05) is 0 Å². The number of hydrogen-bond donors (Lipinski definition) is 0. The number of benzene rings is 8. The molecule has 4 unspecified atom stereocenters. The van der Waals surface area contributed by atoms with Crippen molar-refractivity contribution in [1.29, 1.82) is 0 Å². The van der Waals surface area contributed by atoms with Gasteiger partial charge in [-0.05, 0) is 0 Å². The van der Waals surface area contributed by atoms with Crippen LogP contribution in [0.2, 0.25) is 26.2 Å². The van der Waals surface area contributed by atoms with E-state index in [-0.39, 0.29) is 19.1 Å². The number of fused-ring (bicyclic) bond motifs is 4. The van der Waals surface area contributed by atoms with Crippen LogP contribution in [0.25, 0.3) is 90.1 Å². The number of hydrogen-bond acceptors (Lipinski definition) is 4. The summed E-state index contributed by atoms with van der Waals surface area (Å²) in [4.78, 5) is 0. The standard InChI is InChI=1S/2C43H37O2Si.Zr/c2*1-26-18-20-32-33(39(26)29-13-8-6-9-14-29)25-35(37-21-19-27(2)45-37)42(32)43-34(36-17-12-22-44-36)23-31-24-38(46(4)5)28(3)40(41(31)43)30-15-10-7-11-16-30;/h2*6-25,42,46H,1-5H3;. The molecule has 0 amide bonds. The Kier molecular flexibility index (Phi) is 15.0. The molecule has 4 aliphatic rings. The fourth-order valence-corrected chi connectivity index (χ4v) is 24.7. The van der Waals surface area contributed by atoms with E-state index in [1.165, 1.54) is 155 Å². The molecular weight excluding hydrogens is 1240 g/mol. The third kappa shape index (κ3) is 9.74. The molecule has 93 heavy (non-hydrogen) atoms. The SMILES string of the molecule is Cc1ccc(C2=Cc3c(ccc(C)c3-c3ccccc3)C2C2=C(c3ccco3)[CH]([Zr][CH]3C(c4ccco4)=C(C4C(c5ccc(C)o5)=Cc5c4ccc(C)c5-c4ccccc4)c4c3cc([SiH](C)C)c(C)c4-c3ccccc3)c3cc([SiH](C)C)c(C)c(-c4ccccc4)c32)o1. The third-order valence-electron chi connectivity index (χ3n) is 20.5. The topological polar surface area (TPSA) is 52.6 Å². The number of allylic oxidation sites excluding steroid dienone is 6. The molecule has 16 rings (SSSR count). The van der Waals surface area contributed by atoms with Crippen LogP contribution in [0.5, 0.6) is 0 Å². The van der Waals surface area contributed by atoms with Crippen molar-refractivity contribution in [2.45, 2.75) is 86.8 Å². The van der Waals surface area contributed by atoms with Gasteiger partial charge in [0.1, 0.15) is 0 Å². The molecule has 12 aromatic rings. The Bertz CT molecular complexity index is 4740. The molecule has 0 saturated heterocycles. The Morgan fingerprint density at radius 1 is 0.333 bits per heavy atom. The fraction of sp³-hybridized carbons (Fsp3) is 0.163. The van der Waals surface area contributed by atoms with Crippen molar-refractivity contribution in [2.24, 2.45) is 0 Å². The summed E-state index contributed by atoms with van der Waals surface area (Å²) >= 11 is -2.01. The van der Waals surface area contributed by atoms with Crippen LogP contribution in [0.15, 0.2) is 236 Å². The zero-order valence-corrected chi connectivity index (χ0v) is 59.3. The summed E-state index contributed by atoms with van der Waals surface area (Å²) in [5.41, 5.74) is 33.6. The summed E-state index contributed by atoms with van der Waals surface area (Å²) < 4.78 is 28.1. The van der Waals surface area contributed by atoms with Crippen LogP contribution >= 0.6 is 0 Å². The first-order chi connectivity index (χ1) is 45.3. The Morgan fingerprint density at radius 2 is 0.699 bits per heavy atom. The van der Waals surface area contributed by atoms with Crippen LogP contribution in [-0.2, 0) is 23.2 Å². The van der Waals surface area contributed by atoms with E-state index >= 15 is 0 Å². The Morgan fingerprint density at radius 3 is 1.02 bits per heavy atom. The van der Waals surface area contributed by atoms with Crippen molar-refractivity contribution in [3.05, 3.63) is 320 Å². The minimum absolute atomic E-state index is 0.0105. The molecular formula is C86H74O4Si2Zr. The Balaban J connectivity index is 1.04. The van der Waals surface area contributed by atoms with E-state index in [2.05, 4.69) is 286 Å². The second-order valence-electron chi connectivity index (χ2n) is 26.7. The molecule has 7 heteroatoms. The summed E-state index contributed by atoms with van der Waals surface area (Å²) in [7, 11) is -2.98. The zero-order chi connectivity index (χ0) is 63.5. The summed E-state index contributed by atoms with van der Waals surface area (Å²) in [5, 5.41) is 3.03. The Labute approximate surface area is 561 Å². The van der Waals surface area contributed by atoms with Crippen LogP contribution in [-0.4, -0.2) is 17.6 Å². The van der Waals surface area contributed by atoms with E-state index in [1.807, 2.05) is 12.5 Å². The molecule has 0 spiro atoms. The summed E-state index contributed by atoms with van der Waals surface area (Å²) in [6, 6.07) is 77.2. The fourth-order valence-electron chi connectivity index (χ4n) is 16.6. The van der Waals surface area contributed by atoms with Crippen molar-refractivity contribution in [2.75, 3.05) is 0 Å². The van der Waals surface area contributed by atoms with Crippen LogP contribution in [0.3, 0.4) is 0 Å². The van der Waals surface area contributed by atoms with Gasteiger partial charge in [-0.15, -0.1) is 0 Å². The molecule has 0 bridgehead atoms. The molecule has 0 saturated carbocycles. The molecule has 0 aliphatic heterocycles. The molecule has 4 nitrogen and oxygen atoms in total. The molecule has 4 aliphatic carbocycles. The van der Waals surface area contributed by atoms with E-state index < -0.39 is 40.8 Å². The van der Waals surface area contributed by atoms with Gasteiger partial charge in [-0.1, -0.05) is 0 Å².